The van der Waals surface area contributed by atoms with Gasteiger partial charge in [0.1, 0.15) is 0 Å². The van der Waals surface area contributed by atoms with Crippen molar-refractivity contribution in [1.29, 1.82) is 0 Å². The van der Waals surface area contributed by atoms with Crippen molar-refractivity contribution in [3.05, 3.63) is 11.7 Å². The van der Waals surface area contributed by atoms with E-state index in [4.69, 9.17) is 4.52 Å². The maximum Gasteiger partial charge on any atom is 0.243 e. The zero-order valence-corrected chi connectivity index (χ0v) is 10.6. The minimum absolute atomic E-state index is 0.0343. The maximum atomic E-state index is 9.50. The third-order valence-electron chi connectivity index (χ3n) is 4.08. The summed E-state index contributed by atoms with van der Waals surface area (Å²) < 4.78 is 5.36. The van der Waals surface area contributed by atoms with Crippen LogP contribution in [0.25, 0.3) is 0 Å². The molecule has 1 aliphatic heterocycles. The van der Waals surface area contributed by atoms with Gasteiger partial charge in [0, 0.05) is 12.5 Å². The lowest BCUT2D eigenvalue weighted by Crippen LogP contribution is -2.15. The molecular formula is C13H21N3O2. The van der Waals surface area contributed by atoms with E-state index in [2.05, 4.69) is 15.5 Å². The SMILES string of the molecule is OC1CN[C@H](c2nc(C3CCCCCC3)no2)C1. The van der Waals surface area contributed by atoms with E-state index in [1.165, 1.54) is 38.5 Å². The van der Waals surface area contributed by atoms with E-state index in [1.807, 2.05) is 0 Å². The summed E-state index contributed by atoms with van der Waals surface area (Å²) in [6.07, 6.45) is 7.95. The van der Waals surface area contributed by atoms with Crippen molar-refractivity contribution in [2.24, 2.45) is 0 Å². The Balaban J connectivity index is 1.68. The van der Waals surface area contributed by atoms with Crippen molar-refractivity contribution >= 4 is 0 Å². The first kappa shape index (κ1) is 12.1. The average molecular weight is 251 g/mol. The van der Waals surface area contributed by atoms with Crippen molar-refractivity contribution < 1.29 is 9.63 Å². The number of nitrogens with zero attached hydrogens (tertiary/aromatic N) is 2. The number of β-amino-alcohol motifs (C(OH)–C–C–N with tert-alkyl or cyclic N) is 1. The molecule has 2 N–H and O–H groups in total. The van der Waals surface area contributed by atoms with E-state index in [0.717, 1.165) is 5.82 Å². The quantitative estimate of drug-likeness (QED) is 0.786. The van der Waals surface area contributed by atoms with Gasteiger partial charge in [0.25, 0.3) is 0 Å². The minimum Gasteiger partial charge on any atom is -0.392 e. The van der Waals surface area contributed by atoms with Gasteiger partial charge in [-0.15, -0.1) is 0 Å². The van der Waals surface area contributed by atoms with Crippen LogP contribution >= 0.6 is 0 Å². The van der Waals surface area contributed by atoms with E-state index in [0.29, 0.717) is 24.8 Å². The van der Waals surface area contributed by atoms with Gasteiger partial charge in [0.05, 0.1) is 12.1 Å². The fraction of sp³-hybridized carbons (Fsp3) is 0.846. The molecule has 100 valence electrons. The van der Waals surface area contributed by atoms with Gasteiger partial charge in [0.2, 0.25) is 5.89 Å². The molecule has 2 heterocycles. The van der Waals surface area contributed by atoms with Crippen LogP contribution in [0.2, 0.25) is 0 Å². The summed E-state index contributed by atoms with van der Waals surface area (Å²) in [5.74, 6) is 1.98. The Kier molecular flexibility index (Phi) is 3.61. The standard InChI is InChI=1S/C13H21N3O2/c17-10-7-11(14-8-10)13-15-12(16-18-13)9-5-3-1-2-4-6-9/h9-11,14,17H,1-8H2/t10?,11-/m0/s1. The third-order valence-corrected chi connectivity index (χ3v) is 4.08. The van der Waals surface area contributed by atoms with Gasteiger partial charge >= 0.3 is 0 Å². The Bertz CT molecular complexity index is 385. The van der Waals surface area contributed by atoms with Crippen molar-refractivity contribution in [3.8, 4) is 0 Å². The van der Waals surface area contributed by atoms with E-state index in [1.54, 1.807) is 0 Å². The van der Waals surface area contributed by atoms with Gasteiger partial charge in [-0.3, -0.25) is 0 Å². The lowest BCUT2D eigenvalue weighted by atomic mass is 10.00. The molecule has 0 radical (unpaired) electrons. The van der Waals surface area contributed by atoms with Crippen LogP contribution in [0.4, 0.5) is 0 Å². The fourth-order valence-electron chi connectivity index (χ4n) is 3.00. The smallest absolute Gasteiger partial charge is 0.243 e. The topological polar surface area (TPSA) is 71.2 Å². The fourth-order valence-corrected chi connectivity index (χ4v) is 3.00. The zero-order chi connectivity index (χ0) is 12.4. The lowest BCUT2D eigenvalue weighted by Gasteiger charge is -2.07. The molecule has 2 atom stereocenters. The van der Waals surface area contributed by atoms with E-state index in [-0.39, 0.29) is 12.1 Å². The molecule has 1 aromatic heterocycles. The highest BCUT2D eigenvalue weighted by molar-refractivity contribution is 5.01. The summed E-state index contributed by atoms with van der Waals surface area (Å²) in [6, 6.07) is 0.0343. The number of hydrogen-bond acceptors (Lipinski definition) is 5. The summed E-state index contributed by atoms with van der Waals surface area (Å²) in [4.78, 5) is 4.54. The number of aliphatic hydroxyl groups excluding tert-OH is 1. The van der Waals surface area contributed by atoms with Crippen LogP contribution in [0.3, 0.4) is 0 Å². The van der Waals surface area contributed by atoms with E-state index in [9.17, 15) is 5.11 Å². The van der Waals surface area contributed by atoms with Crippen LogP contribution in [-0.4, -0.2) is 27.9 Å². The van der Waals surface area contributed by atoms with Crippen LogP contribution in [0, 0.1) is 0 Å². The third kappa shape index (κ3) is 2.57. The summed E-state index contributed by atoms with van der Waals surface area (Å²) >= 11 is 0. The van der Waals surface area contributed by atoms with Crippen molar-refractivity contribution in [2.75, 3.05) is 6.54 Å². The highest BCUT2D eigenvalue weighted by Gasteiger charge is 2.29. The lowest BCUT2D eigenvalue weighted by molar-refractivity contribution is 0.191. The molecule has 5 nitrogen and oxygen atoms in total. The number of rotatable bonds is 2. The predicted molar refractivity (Wildman–Crippen MR) is 66.1 cm³/mol. The summed E-state index contributed by atoms with van der Waals surface area (Å²) in [7, 11) is 0. The van der Waals surface area contributed by atoms with Crippen LogP contribution < -0.4 is 5.32 Å². The molecule has 3 rings (SSSR count). The second-order valence-corrected chi connectivity index (χ2v) is 5.53. The first-order valence-corrected chi connectivity index (χ1v) is 7.08. The molecule has 0 aromatic carbocycles. The Morgan fingerprint density at radius 1 is 1.17 bits per heavy atom. The largest absolute Gasteiger partial charge is 0.392 e. The Morgan fingerprint density at radius 3 is 2.61 bits per heavy atom. The maximum absolute atomic E-state index is 9.50. The Hall–Kier alpha value is -0.940. The van der Waals surface area contributed by atoms with Crippen molar-refractivity contribution in [3.63, 3.8) is 0 Å². The van der Waals surface area contributed by atoms with Crippen molar-refractivity contribution in [1.82, 2.24) is 15.5 Å². The molecule has 0 amide bonds. The molecular weight excluding hydrogens is 230 g/mol. The van der Waals surface area contributed by atoms with Gasteiger partial charge in [-0.05, 0) is 19.3 Å². The van der Waals surface area contributed by atoms with Crippen LogP contribution in [0.15, 0.2) is 4.52 Å². The molecule has 1 saturated heterocycles. The van der Waals surface area contributed by atoms with Gasteiger partial charge in [0.15, 0.2) is 5.82 Å². The Labute approximate surface area is 107 Å². The van der Waals surface area contributed by atoms with Crippen LogP contribution in [-0.2, 0) is 0 Å². The van der Waals surface area contributed by atoms with Gasteiger partial charge in [-0.2, -0.15) is 4.98 Å². The predicted octanol–water partition coefficient (Wildman–Crippen LogP) is 1.90. The molecule has 1 aliphatic carbocycles. The molecule has 1 saturated carbocycles. The molecule has 0 bridgehead atoms. The molecule has 2 aliphatic rings. The molecule has 5 heteroatoms. The molecule has 2 fully saturated rings. The summed E-state index contributed by atoms with van der Waals surface area (Å²) in [5.41, 5.74) is 0. The first-order chi connectivity index (χ1) is 8.83. The zero-order valence-electron chi connectivity index (χ0n) is 10.6. The molecule has 1 aromatic rings. The summed E-state index contributed by atoms with van der Waals surface area (Å²) in [6.45, 7) is 0.617. The first-order valence-electron chi connectivity index (χ1n) is 7.08. The molecule has 1 unspecified atom stereocenters. The number of nitrogens with one attached hydrogen (secondary N) is 1. The van der Waals surface area contributed by atoms with Gasteiger partial charge in [-0.1, -0.05) is 30.8 Å². The summed E-state index contributed by atoms with van der Waals surface area (Å²) in [5, 5.41) is 16.8. The highest BCUT2D eigenvalue weighted by Crippen LogP contribution is 2.31. The van der Waals surface area contributed by atoms with Gasteiger partial charge < -0.3 is 14.9 Å². The minimum atomic E-state index is -0.289. The van der Waals surface area contributed by atoms with Crippen LogP contribution in [0.1, 0.15) is 68.6 Å². The van der Waals surface area contributed by atoms with Gasteiger partial charge in [-0.25, -0.2) is 0 Å². The number of aliphatic hydroxyl groups is 1. The average Bonchev–Trinajstić information content (AvgIpc) is 2.92. The highest BCUT2D eigenvalue weighted by atomic mass is 16.5. The number of hydrogen-bond donors (Lipinski definition) is 2. The normalized spacial score (nSPS) is 30.5. The monoisotopic (exact) mass is 251 g/mol. The molecule has 0 spiro atoms. The van der Waals surface area contributed by atoms with E-state index >= 15 is 0 Å². The van der Waals surface area contributed by atoms with Crippen molar-refractivity contribution in [2.45, 2.75) is 63.0 Å². The van der Waals surface area contributed by atoms with E-state index < -0.39 is 0 Å². The van der Waals surface area contributed by atoms with Crippen LogP contribution in [0.5, 0.6) is 0 Å². The number of aromatic nitrogens is 2. The Morgan fingerprint density at radius 2 is 1.94 bits per heavy atom. The second kappa shape index (κ2) is 5.36. The molecule has 18 heavy (non-hydrogen) atoms. The second-order valence-electron chi connectivity index (χ2n) is 5.53.